The summed E-state index contributed by atoms with van der Waals surface area (Å²) in [6, 6.07) is 5.33. The number of nitrogens with zero attached hydrogens (tertiary/aromatic N) is 2. The van der Waals surface area contributed by atoms with Gasteiger partial charge in [0.1, 0.15) is 11.6 Å². The third kappa shape index (κ3) is 3.91. The Bertz CT molecular complexity index is 764. The molecule has 2 aromatic rings. The molecule has 0 saturated heterocycles. The zero-order valence-electron chi connectivity index (χ0n) is 12.3. The first-order chi connectivity index (χ1) is 10.7. The molecule has 0 amide bonds. The van der Waals surface area contributed by atoms with Crippen LogP contribution in [-0.4, -0.2) is 27.0 Å². The zero-order chi connectivity index (χ0) is 17.2. The van der Waals surface area contributed by atoms with Crippen LogP contribution in [0.5, 0.6) is 5.75 Å². The number of allylic oxidation sites excluding steroid dienone is 1. The maximum atomic E-state index is 12.3. The minimum Gasteiger partial charge on any atom is -0.478 e. The lowest BCUT2D eigenvalue weighted by molar-refractivity contribution is -0.274. The third-order valence-corrected chi connectivity index (χ3v) is 3.00. The predicted molar refractivity (Wildman–Crippen MR) is 76.6 cm³/mol. The molecule has 0 atom stereocenters. The molecule has 0 fully saturated rings. The minimum absolute atomic E-state index is 0.00134. The summed E-state index contributed by atoms with van der Waals surface area (Å²) in [7, 11) is 1.61. The van der Waals surface area contributed by atoms with Crippen LogP contribution in [0.3, 0.4) is 0 Å². The number of carbonyl (C=O) groups is 1. The Labute approximate surface area is 129 Å². The van der Waals surface area contributed by atoms with Crippen molar-refractivity contribution in [3.05, 3.63) is 42.4 Å². The molecule has 122 valence electrons. The number of aromatic nitrogens is 2. The summed E-state index contributed by atoms with van der Waals surface area (Å²) < 4.78 is 42.2. The van der Waals surface area contributed by atoms with E-state index in [1.165, 1.54) is 35.0 Å². The van der Waals surface area contributed by atoms with E-state index in [0.717, 1.165) is 0 Å². The maximum absolute atomic E-state index is 12.3. The van der Waals surface area contributed by atoms with Crippen molar-refractivity contribution in [3.8, 4) is 17.0 Å². The van der Waals surface area contributed by atoms with Crippen molar-refractivity contribution in [2.75, 3.05) is 0 Å². The van der Waals surface area contributed by atoms with E-state index in [9.17, 15) is 18.0 Å². The smallest absolute Gasteiger partial charge is 0.478 e. The Morgan fingerprint density at radius 2 is 2.09 bits per heavy atom. The highest BCUT2D eigenvalue weighted by atomic mass is 19.4. The Balaban J connectivity index is 2.41. The first-order valence-corrected chi connectivity index (χ1v) is 6.51. The molecule has 0 bridgehead atoms. The van der Waals surface area contributed by atoms with E-state index >= 15 is 0 Å². The number of alkyl halides is 3. The van der Waals surface area contributed by atoms with E-state index in [2.05, 4.69) is 9.72 Å². The number of hydrogen-bond acceptors (Lipinski definition) is 3. The summed E-state index contributed by atoms with van der Waals surface area (Å²) in [6.07, 6.45) is -1.85. The van der Waals surface area contributed by atoms with Gasteiger partial charge in [0, 0.05) is 18.8 Å². The Hall–Kier alpha value is -2.77. The van der Waals surface area contributed by atoms with E-state index in [4.69, 9.17) is 5.11 Å². The van der Waals surface area contributed by atoms with Gasteiger partial charge in [0.15, 0.2) is 0 Å². The van der Waals surface area contributed by atoms with Crippen molar-refractivity contribution in [2.45, 2.75) is 13.3 Å². The number of aliphatic carboxylic acids is 1. The fraction of sp³-hybridized carbons (Fsp3) is 0.200. The lowest BCUT2D eigenvalue weighted by Gasteiger charge is -2.09. The second-order valence-corrected chi connectivity index (χ2v) is 4.64. The lowest BCUT2D eigenvalue weighted by Crippen LogP contribution is -2.17. The highest BCUT2D eigenvalue weighted by Gasteiger charge is 2.31. The van der Waals surface area contributed by atoms with E-state index in [0.29, 0.717) is 11.3 Å². The fourth-order valence-corrected chi connectivity index (χ4v) is 2.06. The molecule has 0 unspecified atom stereocenters. The molecule has 0 radical (unpaired) electrons. The number of hydrogen-bond donors (Lipinski definition) is 1. The van der Waals surface area contributed by atoms with Gasteiger partial charge in [0.25, 0.3) is 0 Å². The SMILES string of the molecule is C/C=C(/C(=O)O)c1nc(-c2cccc(OC(F)(F)F)c2)cn1C. The Kier molecular flexibility index (Phi) is 4.44. The van der Waals surface area contributed by atoms with Crippen molar-refractivity contribution in [2.24, 2.45) is 7.05 Å². The lowest BCUT2D eigenvalue weighted by atomic mass is 10.1. The summed E-state index contributed by atoms with van der Waals surface area (Å²) in [5.41, 5.74) is 0.728. The van der Waals surface area contributed by atoms with Crippen molar-refractivity contribution < 1.29 is 27.8 Å². The van der Waals surface area contributed by atoms with Crippen molar-refractivity contribution >= 4 is 11.5 Å². The molecular weight excluding hydrogens is 313 g/mol. The molecule has 1 aromatic heterocycles. The molecule has 0 aliphatic rings. The predicted octanol–water partition coefficient (Wildman–Crippen LogP) is 3.47. The summed E-state index contributed by atoms with van der Waals surface area (Å²) in [6.45, 7) is 1.57. The van der Waals surface area contributed by atoms with Crippen molar-refractivity contribution in [1.82, 2.24) is 9.55 Å². The average Bonchev–Trinajstić information content (AvgIpc) is 2.80. The van der Waals surface area contributed by atoms with Crippen molar-refractivity contribution in [1.29, 1.82) is 0 Å². The molecule has 1 heterocycles. The monoisotopic (exact) mass is 326 g/mol. The van der Waals surface area contributed by atoms with Crippen molar-refractivity contribution in [3.63, 3.8) is 0 Å². The van der Waals surface area contributed by atoms with E-state index in [1.807, 2.05) is 0 Å². The first-order valence-electron chi connectivity index (χ1n) is 6.51. The molecule has 1 N–H and O–H groups in total. The molecule has 2 rings (SSSR count). The van der Waals surface area contributed by atoms with Crippen LogP contribution in [0.1, 0.15) is 12.7 Å². The molecule has 0 aliphatic carbocycles. The summed E-state index contributed by atoms with van der Waals surface area (Å²) in [4.78, 5) is 15.4. The van der Waals surface area contributed by atoms with Gasteiger partial charge in [-0.05, 0) is 19.1 Å². The topological polar surface area (TPSA) is 64.3 Å². The minimum atomic E-state index is -4.78. The van der Waals surface area contributed by atoms with E-state index < -0.39 is 12.3 Å². The van der Waals surface area contributed by atoms with Crippen LogP contribution >= 0.6 is 0 Å². The van der Waals surface area contributed by atoms with Gasteiger partial charge in [0.05, 0.1) is 11.3 Å². The van der Waals surface area contributed by atoms with Gasteiger partial charge in [-0.15, -0.1) is 13.2 Å². The van der Waals surface area contributed by atoms with Crippen LogP contribution in [0.2, 0.25) is 0 Å². The number of ether oxygens (including phenoxy) is 1. The zero-order valence-corrected chi connectivity index (χ0v) is 12.3. The summed E-state index contributed by atoms with van der Waals surface area (Å²) in [5.74, 6) is -1.30. The van der Waals surface area contributed by atoms with Crippen LogP contribution in [0.4, 0.5) is 13.2 Å². The molecule has 8 heteroatoms. The Morgan fingerprint density at radius 3 is 2.65 bits per heavy atom. The second kappa shape index (κ2) is 6.15. The van der Waals surface area contributed by atoms with Crippen LogP contribution in [-0.2, 0) is 11.8 Å². The van der Waals surface area contributed by atoms with Gasteiger partial charge in [-0.3, -0.25) is 0 Å². The highest BCUT2D eigenvalue weighted by molar-refractivity contribution is 6.14. The number of carboxylic acids is 1. The maximum Gasteiger partial charge on any atom is 0.573 e. The number of rotatable bonds is 4. The van der Waals surface area contributed by atoms with Gasteiger partial charge < -0.3 is 14.4 Å². The van der Waals surface area contributed by atoms with E-state index in [1.54, 1.807) is 20.0 Å². The number of imidazole rings is 1. The first kappa shape index (κ1) is 16.6. The Morgan fingerprint density at radius 1 is 1.39 bits per heavy atom. The molecule has 5 nitrogen and oxygen atoms in total. The fourth-order valence-electron chi connectivity index (χ4n) is 2.06. The largest absolute Gasteiger partial charge is 0.573 e. The van der Waals surface area contributed by atoms with Gasteiger partial charge in [-0.25, -0.2) is 9.78 Å². The second-order valence-electron chi connectivity index (χ2n) is 4.64. The van der Waals surface area contributed by atoms with Gasteiger partial charge in [0.2, 0.25) is 0 Å². The van der Waals surface area contributed by atoms with Crippen LogP contribution in [0.15, 0.2) is 36.5 Å². The molecule has 0 aliphatic heterocycles. The molecule has 1 aromatic carbocycles. The standard InChI is InChI=1S/C15H13F3N2O3/c1-3-11(14(21)22)13-19-12(8-20(13)2)9-5-4-6-10(7-9)23-15(16,17)18/h3-8H,1-2H3,(H,21,22)/b11-3+. The average molecular weight is 326 g/mol. The van der Waals surface area contributed by atoms with Gasteiger partial charge in [-0.1, -0.05) is 18.2 Å². The van der Waals surface area contributed by atoms with Gasteiger partial charge in [-0.2, -0.15) is 0 Å². The van der Waals surface area contributed by atoms with Crippen LogP contribution in [0, 0.1) is 0 Å². The molecule has 23 heavy (non-hydrogen) atoms. The highest BCUT2D eigenvalue weighted by Crippen LogP contribution is 2.28. The summed E-state index contributed by atoms with van der Waals surface area (Å²) >= 11 is 0. The third-order valence-electron chi connectivity index (χ3n) is 3.00. The molecular formula is C15H13F3N2O3. The van der Waals surface area contributed by atoms with Gasteiger partial charge >= 0.3 is 12.3 Å². The number of halogens is 3. The normalized spacial score (nSPS) is 12.3. The number of benzene rings is 1. The quantitative estimate of drug-likeness (QED) is 0.874. The van der Waals surface area contributed by atoms with Crippen LogP contribution < -0.4 is 4.74 Å². The van der Waals surface area contributed by atoms with E-state index in [-0.39, 0.29) is 17.1 Å². The van der Waals surface area contributed by atoms with Crippen LogP contribution in [0.25, 0.3) is 16.8 Å². The molecule has 0 saturated carbocycles. The summed E-state index contributed by atoms with van der Waals surface area (Å²) in [5, 5.41) is 9.14. The number of aryl methyl sites for hydroxylation is 1. The molecule has 0 spiro atoms. The number of carboxylic acid groups (broad SMARTS) is 1.